The van der Waals surface area contributed by atoms with E-state index in [9.17, 15) is 0 Å². The van der Waals surface area contributed by atoms with Crippen LogP contribution in [-0.4, -0.2) is 0 Å². The second-order valence-electron chi connectivity index (χ2n) is 13.7. The summed E-state index contributed by atoms with van der Waals surface area (Å²) < 4.78 is 5.30. The third-order valence-electron chi connectivity index (χ3n) is 10.7. The molecule has 0 aliphatic heterocycles. The van der Waals surface area contributed by atoms with Gasteiger partial charge in [0.2, 0.25) is 0 Å². The molecule has 1 nitrogen and oxygen atoms in total. The number of rotatable bonds is 5. The van der Waals surface area contributed by atoms with E-state index in [0.717, 1.165) is 17.1 Å². The molecule has 0 N–H and O–H groups in total. The molecule has 0 radical (unpaired) electrons. The Morgan fingerprint density at radius 1 is 0.302 bits per heavy atom. The van der Waals surface area contributed by atoms with E-state index in [1.807, 2.05) is 22.7 Å². The molecular formula is C50H31NS2. The third-order valence-corrected chi connectivity index (χ3v) is 13.0. The molecule has 2 aromatic heterocycles. The van der Waals surface area contributed by atoms with Crippen molar-refractivity contribution in [3.63, 3.8) is 0 Å². The maximum absolute atomic E-state index is 2.39. The van der Waals surface area contributed by atoms with E-state index in [0.29, 0.717) is 0 Å². The summed E-state index contributed by atoms with van der Waals surface area (Å²) in [4.78, 5) is 2.39. The molecule has 2 heterocycles. The topological polar surface area (TPSA) is 3.24 Å². The van der Waals surface area contributed by atoms with Crippen molar-refractivity contribution < 1.29 is 0 Å². The summed E-state index contributed by atoms with van der Waals surface area (Å²) in [5, 5.41) is 10.4. The molecule has 3 heteroatoms. The fourth-order valence-corrected chi connectivity index (χ4v) is 10.3. The van der Waals surface area contributed by atoms with Crippen LogP contribution in [0.3, 0.4) is 0 Å². The van der Waals surface area contributed by atoms with Crippen LogP contribution in [0.4, 0.5) is 17.1 Å². The number of thiophene rings is 2. The largest absolute Gasteiger partial charge is 0.310 e. The summed E-state index contributed by atoms with van der Waals surface area (Å²) >= 11 is 3.73. The Morgan fingerprint density at radius 2 is 0.849 bits per heavy atom. The minimum atomic E-state index is 1.12. The first-order chi connectivity index (χ1) is 26.2. The summed E-state index contributed by atoms with van der Waals surface area (Å²) in [6, 6.07) is 69.2. The summed E-state index contributed by atoms with van der Waals surface area (Å²) in [5.41, 5.74) is 8.28. The van der Waals surface area contributed by atoms with Crippen LogP contribution >= 0.6 is 22.7 Å². The molecule has 0 bridgehead atoms. The van der Waals surface area contributed by atoms with Crippen LogP contribution in [0.15, 0.2) is 188 Å². The highest BCUT2D eigenvalue weighted by atomic mass is 32.1. The molecule has 9 aromatic carbocycles. The van der Waals surface area contributed by atoms with Gasteiger partial charge in [0.1, 0.15) is 0 Å². The van der Waals surface area contributed by atoms with Gasteiger partial charge in [-0.15, -0.1) is 22.7 Å². The number of hydrogen-bond donors (Lipinski definition) is 0. The van der Waals surface area contributed by atoms with E-state index < -0.39 is 0 Å². The predicted octanol–water partition coefficient (Wildman–Crippen LogP) is 15.5. The van der Waals surface area contributed by atoms with Gasteiger partial charge in [0.25, 0.3) is 0 Å². The SMILES string of the molecule is c1ccc2c(-c3ccc(N(c4ccc(-c5ccc6ccc7sc8ccccc8c7c6c5)cc4)c4ccc5sc6ccccc6c5c4)cc3)cccc2c1. The second-order valence-corrected chi connectivity index (χ2v) is 15.9. The van der Waals surface area contributed by atoms with Crippen molar-refractivity contribution in [2.75, 3.05) is 4.90 Å². The van der Waals surface area contributed by atoms with E-state index in [1.165, 1.54) is 84.1 Å². The quantitative estimate of drug-likeness (QED) is 0.172. The Kier molecular flexibility index (Phi) is 6.97. The van der Waals surface area contributed by atoms with E-state index >= 15 is 0 Å². The maximum Gasteiger partial charge on any atom is 0.0468 e. The van der Waals surface area contributed by atoms with Crippen LogP contribution in [0.1, 0.15) is 0 Å². The first-order valence-electron chi connectivity index (χ1n) is 18.0. The van der Waals surface area contributed by atoms with Crippen LogP contribution in [-0.2, 0) is 0 Å². The van der Waals surface area contributed by atoms with Gasteiger partial charge in [-0.3, -0.25) is 0 Å². The van der Waals surface area contributed by atoms with E-state index in [-0.39, 0.29) is 0 Å². The monoisotopic (exact) mass is 709 g/mol. The zero-order chi connectivity index (χ0) is 34.9. The lowest BCUT2D eigenvalue weighted by atomic mass is 9.97. The molecule has 11 rings (SSSR count). The lowest BCUT2D eigenvalue weighted by Gasteiger charge is -2.26. The Morgan fingerprint density at radius 3 is 1.66 bits per heavy atom. The highest BCUT2D eigenvalue weighted by Crippen LogP contribution is 2.43. The first kappa shape index (κ1) is 30.4. The van der Waals surface area contributed by atoms with Gasteiger partial charge in [0.05, 0.1) is 0 Å². The van der Waals surface area contributed by atoms with Gasteiger partial charge in [-0.25, -0.2) is 0 Å². The molecular weight excluding hydrogens is 679 g/mol. The molecule has 0 amide bonds. The third kappa shape index (κ3) is 5.04. The maximum atomic E-state index is 2.39. The Hall–Kier alpha value is -6.26. The fourth-order valence-electron chi connectivity index (χ4n) is 8.09. The van der Waals surface area contributed by atoms with Crippen molar-refractivity contribution in [2.45, 2.75) is 0 Å². The molecule has 0 unspecified atom stereocenters. The van der Waals surface area contributed by atoms with Crippen molar-refractivity contribution in [1.29, 1.82) is 0 Å². The van der Waals surface area contributed by atoms with Gasteiger partial charge in [-0.2, -0.15) is 0 Å². The van der Waals surface area contributed by atoms with Crippen molar-refractivity contribution >= 4 is 102 Å². The van der Waals surface area contributed by atoms with Crippen molar-refractivity contribution in [3.8, 4) is 22.3 Å². The number of hydrogen-bond acceptors (Lipinski definition) is 3. The van der Waals surface area contributed by atoms with Gasteiger partial charge >= 0.3 is 0 Å². The summed E-state index contributed by atoms with van der Waals surface area (Å²) in [7, 11) is 0. The Balaban J connectivity index is 1.03. The summed E-state index contributed by atoms with van der Waals surface area (Å²) in [5.74, 6) is 0. The molecule has 0 aliphatic rings. The lowest BCUT2D eigenvalue weighted by Crippen LogP contribution is -2.09. The minimum absolute atomic E-state index is 1.12. The van der Waals surface area contributed by atoms with Gasteiger partial charge < -0.3 is 4.90 Å². The van der Waals surface area contributed by atoms with Gasteiger partial charge in [-0.05, 0) is 111 Å². The molecule has 248 valence electrons. The number of benzene rings is 9. The van der Waals surface area contributed by atoms with Crippen LogP contribution in [0.2, 0.25) is 0 Å². The highest BCUT2D eigenvalue weighted by molar-refractivity contribution is 7.26. The molecule has 0 saturated heterocycles. The zero-order valence-electron chi connectivity index (χ0n) is 28.7. The van der Waals surface area contributed by atoms with E-state index in [4.69, 9.17) is 0 Å². The number of anilines is 3. The molecule has 11 aromatic rings. The number of nitrogens with zero attached hydrogens (tertiary/aromatic N) is 1. The lowest BCUT2D eigenvalue weighted by molar-refractivity contribution is 1.29. The van der Waals surface area contributed by atoms with Gasteiger partial charge in [0.15, 0.2) is 0 Å². The first-order valence-corrected chi connectivity index (χ1v) is 19.6. The Labute approximate surface area is 315 Å². The van der Waals surface area contributed by atoms with Crippen LogP contribution in [0.5, 0.6) is 0 Å². The minimum Gasteiger partial charge on any atom is -0.310 e. The van der Waals surface area contributed by atoms with E-state index in [1.54, 1.807) is 0 Å². The molecule has 0 aliphatic carbocycles. The van der Waals surface area contributed by atoms with Crippen molar-refractivity contribution in [3.05, 3.63) is 188 Å². The molecule has 0 saturated carbocycles. The van der Waals surface area contributed by atoms with Crippen molar-refractivity contribution in [1.82, 2.24) is 0 Å². The summed E-state index contributed by atoms with van der Waals surface area (Å²) in [6.45, 7) is 0. The smallest absolute Gasteiger partial charge is 0.0468 e. The average Bonchev–Trinajstić information content (AvgIpc) is 3.80. The summed E-state index contributed by atoms with van der Waals surface area (Å²) in [6.07, 6.45) is 0. The normalized spacial score (nSPS) is 11.8. The average molecular weight is 710 g/mol. The predicted molar refractivity (Wildman–Crippen MR) is 233 cm³/mol. The standard InChI is InChI=1S/C50H31NS2/c1-2-10-40-33(8-1)9-7-13-41(40)34-20-25-38(26-21-34)51(39-27-29-48-45(31-39)42-11-3-5-14-46(42)52-48)37-23-18-32(19-24-37)36-17-16-35-22-28-49-50(44(35)30-36)43-12-4-6-15-47(43)53-49/h1-31H. The van der Waals surface area contributed by atoms with Crippen LogP contribution in [0.25, 0.3) is 84.1 Å². The van der Waals surface area contributed by atoms with Crippen molar-refractivity contribution in [2.24, 2.45) is 0 Å². The highest BCUT2D eigenvalue weighted by Gasteiger charge is 2.17. The molecule has 0 spiro atoms. The zero-order valence-corrected chi connectivity index (χ0v) is 30.3. The number of fused-ring (bicyclic) bond motifs is 9. The second kappa shape index (κ2) is 12.2. The van der Waals surface area contributed by atoms with Crippen LogP contribution < -0.4 is 4.90 Å². The fraction of sp³-hybridized carbons (Fsp3) is 0. The molecule has 53 heavy (non-hydrogen) atoms. The van der Waals surface area contributed by atoms with E-state index in [2.05, 4.69) is 193 Å². The van der Waals surface area contributed by atoms with Gasteiger partial charge in [0, 0.05) is 57.4 Å². The molecule has 0 fully saturated rings. The Bertz CT molecular complexity index is 3160. The van der Waals surface area contributed by atoms with Gasteiger partial charge in [-0.1, -0.05) is 121 Å². The van der Waals surface area contributed by atoms with Crippen LogP contribution in [0, 0.1) is 0 Å². The molecule has 0 atom stereocenters.